The second-order valence-electron chi connectivity index (χ2n) is 3.88. The summed E-state index contributed by atoms with van der Waals surface area (Å²) in [4.78, 5) is 0. The van der Waals surface area contributed by atoms with Crippen molar-refractivity contribution < 1.29 is 4.39 Å². The first-order valence-electron chi connectivity index (χ1n) is 5.14. The molecule has 0 amide bonds. The van der Waals surface area contributed by atoms with E-state index in [9.17, 15) is 4.39 Å². The normalized spacial score (nSPS) is 10.3. The van der Waals surface area contributed by atoms with E-state index in [0.29, 0.717) is 16.4 Å². The second kappa shape index (κ2) is 4.63. The summed E-state index contributed by atoms with van der Waals surface area (Å²) in [5.41, 5.74) is 8.94. The molecule has 3 N–H and O–H groups in total. The quantitative estimate of drug-likeness (QED) is 0.787. The van der Waals surface area contributed by atoms with Crippen LogP contribution < -0.4 is 11.1 Å². The van der Waals surface area contributed by atoms with Gasteiger partial charge in [-0.15, -0.1) is 0 Å². The van der Waals surface area contributed by atoms with Crippen LogP contribution in [0.3, 0.4) is 0 Å². The fourth-order valence-electron chi connectivity index (χ4n) is 1.63. The maximum atomic E-state index is 12.9. The van der Waals surface area contributed by atoms with Crippen LogP contribution in [0.25, 0.3) is 0 Å². The van der Waals surface area contributed by atoms with Crippen molar-refractivity contribution in [2.24, 2.45) is 0 Å². The molecule has 2 aromatic rings. The molecule has 0 heterocycles. The standard InChI is InChI=1S/C13H12ClFN2/c1-8-4-10(16)7-11(5-8)17-13-3-2-9(15)6-12(13)14/h2-7,17H,16H2,1H3. The van der Waals surface area contributed by atoms with Gasteiger partial charge in [-0.1, -0.05) is 11.6 Å². The van der Waals surface area contributed by atoms with Crippen LogP contribution in [0.1, 0.15) is 5.56 Å². The Balaban J connectivity index is 2.31. The number of nitrogens with one attached hydrogen (secondary N) is 1. The Kier molecular flexibility index (Phi) is 3.20. The molecule has 0 bridgehead atoms. The van der Waals surface area contributed by atoms with Crippen molar-refractivity contribution in [2.45, 2.75) is 6.92 Å². The van der Waals surface area contributed by atoms with Crippen LogP contribution in [0.4, 0.5) is 21.5 Å². The van der Waals surface area contributed by atoms with Crippen molar-refractivity contribution in [3.63, 3.8) is 0 Å². The first kappa shape index (κ1) is 11.7. The van der Waals surface area contributed by atoms with E-state index in [0.717, 1.165) is 11.3 Å². The monoisotopic (exact) mass is 250 g/mol. The third-order valence-electron chi connectivity index (χ3n) is 2.31. The molecule has 2 nitrogen and oxygen atoms in total. The van der Waals surface area contributed by atoms with E-state index in [4.69, 9.17) is 17.3 Å². The summed E-state index contributed by atoms with van der Waals surface area (Å²) in [5.74, 6) is -0.357. The van der Waals surface area contributed by atoms with E-state index in [1.165, 1.54) is 12.1 Å². The van der Waals surface area contributed by atoms with Crippen LogP contribution >= 0.6 is 11.6 Å². The number of anilines is 3. The molecule has 17 heavy (non-hydrogen) atoms. The Labute approximate surface area is 104 Å². The second-order valence-corrected chi connectivity index (χ2v) is 4.29. The predicted octanol–water partition coefficient (Wildman–Crippen LogP) is 4.11. The third-order valence-corrected chi connectivity index (χ3v) is 2.62. The Morgan fingerprint density at radius 2 is 1.94 bits per heavy atom. The van der Waals surface area contributed by atoms with Gasteiger partial charge in [0, 0.05) is 11.4 Å². The van der Waals surface area contributed by atoms with Gasteiger partial charge in [-0.3, -0.25) is 0 Å². The minimum atomic E-state index is -0.357. The highest BCUT2D eigenvalue weighted by molar-refractivity contribution is 6.33. The Bertz CT molecular complexity index is 535. The summed E-state index contributed by atoms with van der Waals surface area (Å²) < 4.78 is 12.9. The summed E-state index contributed by atoms with van der Waals surface area (Å²) in [5, 5.41) is 3.44. The van der Waals surface area contributed by atoms with E-state index in [2.05, 4.69) is 5.32 Å². The van der Waals surface area contributed by atoms with Gasteiger partial charge in [-0.05, 0) is 48.9 Å². The average Bonchev–Trinajstić information content (AvgIpc) is 2.21. The minimum Gasteiger partial charge on any atom is -0.399 e. The molecular formula is C13H12ClFN2. The van der Waals surface area contributed by atoms with Gasteiger partial charge in [0.25, 0.3) is 0 Å². The molecule has 2 aromatic carbocycles. The number of benzene rings is 2. The molecule has 0 aromatic heterocycles. The van der Waals surface area contributed by atoms with E-state index in [1.807, 2.05) is 19.1 Å². The lowest BCUT2D eigenvalue weighted by molar-refractivity contribution is 0.628. The maximum Gasteiger partial charge on any atom is 0.124 e. The SMILES string of the molecule is Cc1cc(N)cc(Nc2ccc(F)cc2Cl)c1. The van der Waals surface area contributed by atoms with Crippen molar-refractivity contribution >= 4 is 28.7 Å². The topological polar surface area (TPSA) is 38.0 Å². The zero-order valence-electron chi connectivity index (χ0n) is 9.30. The van der Waals surface area contributed by atoms with Gasteiger partial charge in [0.15, 0.2) is 0 Å². The van der Waals surface area contributed by atoms with E-state index in [1.54, 1.807) is 12.1 Å². The lowest BCUT2D eigenvalue weighted by Gasteiger charge is -2.10. The smallest absolute Gasteiger partial charge is 0.124 e. The van der Waals surface area contributed by atoms with Crippen LogP contribution in [-0.4, -0.2) is 0 Å². The predicted molar refractivity (Wildman–Crippen MR) is 70.3 cm³/mol. The molecular weight excluding hydrogens is 239 g/mol. The highest BCUT2D eigenvalue weighted by Crippen LogP contribution is 2.27. The Morgan fingerprint density at radius 1 is 1.18 bits per heavy atom. The zero-order chi connectivity index (χ0) is 12.4. The molecule has 0 aliphatic carbocycles. The van der Waals surface area contributed by atoms with Crippen LogP contribution in [0, 0.1) is 12.7 Å². The van der Waals surface area contributed by atoms with Crippen LogP contribution in [0.15, 0.2) is 36.4 Å². The van der Waals surface area contributed by atoms with E-state index >= 15 is 0 Å². The van der Waals surface area contributed by atoms with Gasteiger partial charge in [-0.25, -0.2) is 4.39 Å². The fraction of sp³-hybridized carbons (Fsp3) is 0.0769. The Morgan fingerprint density at radius 3 is 2.59 bits per heavy atom. The molecule has 0 atom stereocenters. The molecule has 0 saturated heterocycles. The number of aryl methyl sites for hydroxylation is 1. The summed E-state index contributed by atoms with van der Waals surface area (Å²) in [6, 6.07) is 9.83. The van der Waals surface area contributed by atoms with Gasteiger partial charge in [0.05, 0.1) is 10.7 Å². The first-order chi connectivity index (χ1) is 8.04. The number of nitrogens with two attached hydrogens (primary N) is 1. The molecule has 0 fully saturated rings. The number of hydrogen-bond donors (Lipinski definition) is 2. The Hall–Kier alpha value is -1.74. The van der Waals surface area contributed by atoms with Gasteiger partial charge < -0.3 is 11.1 Å². The molecule has 0 unspecified atom stereocenters. The lowest BCUT2D eigenvalue weighted by Crippen LogP contribution is -1.94. The minimum absolute atomic E-state index is 0.338. The van der Waals surface area contributed by atoms with Crippen molar-refractivity contribution in [1.29, 1.82) is 0 Å². The van der Waals surface area contributed by atoms with Gasteiger partial charge in [-0.2, -0.15) is 0 Å². The summed E-state index contributed by atoms with van der Waals surface area (Å²) in [7, 11) is 0. The van der Waals surface area contributed by atoms with E-state index in [-0.39, 0.29) is 5.82 Å². The third kappa shape index (κ3) is 2.88. The van der Waals surface area contributed by atoms with Crippen molar-refractivity contribution in [3.8, 4) is 0 Å². The van der Waals surface area contributed by atoms with Gasteiger partial charge in [0.1, 0.15) is 5.82 Å². The van der Waals surface area contributed by atoms with Gasteiger partial charge >= 0.3 is 0 Å². The van der Waals surface area contributed by atoms with Crippen molar-refractivity contribution in [1.82, 2.24) is 0 Å². The highest BCUT2D eigenvalue weighted by Gasteiger charge is 2.03. The molecule has 0 radical (unpaired) electrons. The lowest BCUT2D eigenvalue weighted by atomic mass is 10.2. The summed E-state index contributed by atoms with van der Waals surface area (Å²) in [6.45, 7) is 1.95. The number of nitrogen functional groups attached to an aromatic ring is 1. The molecule has 4 heteroatoms. The fourth-order valence-corrected chi connectivity index (χ4v) is 1.85. The number of hydrogen-bond acceptors (Lipinski definition) is 2. The molecule has 0 saturated carbocycles. The maximum absolute atomic E-state index is 12.9. The van der Waals surface area contributed by atoms with Crippen LogP contribution in [0.2, 0.25) is 5.02 Å². The van der Waals surface area contributed by atoms with Crippen molar-refractivity contribution in [3.05, 3.63) is 52.8 Å². The molecule has 0 aliphatic rings. The molecule has 0 aliphatic heterocycles. The number of rotatable bonds is 2. The zero-order valence-corrected chi connectivity index (χ0v) is 10.1. The van der Waals surface area contributed by atoms with Crippen LogP contribution in [0.5, 0.6) is 0 Å². The summed E-state index contributed by atoms with van der Waals surface area (Å²) in [6.07, 6.45) is 0. The van der Waals surface area contributed by atoms with Crippen LogP contribution in [-0.2, 0) is 0 Å². The summed E-state index contributed by atoms with van der Waals surface area (Å²) >= 11 is 5.93. The van der Waals surface area contributed by atoms with Crippen molar-refractivity contribution in [2.75, 3.05) is 11.1 Å². The first-order valence-corrected chi connectivity index (χ1v) is 5.51. The molecule has 2 rings (SSSR count). The highest BCUT2D eigenvalue weighted by atomic mass is 35.5. The average molecular weight is 251 g/mol. The molecule has 0 spiro atoms. The van der Waals surface area contributed by atoms with E-state index < -0.39 is 0 Å². The number of halogens is 2. The molecule has 88 valence electrons. The van der Waals surface area contributed by atoms with Gasteiger partial charge in [0.2, 0.25) is 0 Å². The largest absolute Gasteiger partial charge is 0.399 e.